The summed E-state index contributed by atoms with van der Waals surface area (Å²) in [7, 11) is -3.22. The van der Waals surface area contributed by atoms with Gasteiger partial charge in [0.2, 0.25) is 10.0 Å². The maximum absolute atomic E-state index is 14.1. The summed E-state index contributed by atoms with van der Waals surface area (Å²) in [6.07, 6.45) is 2.81. The number of sulfonamides is 1. The third-order valence-electron chi connectivity index (χ3n) is 6.48. The largest absolute Gasteiger partial charge is 0.370 e. The molecule has 9 heteroatoms. The third kappa shape index (κ3) is 3.23. The van der Waals surface area contributed by atoms with E-state index in [0.29, 0.717) is 32.4 Å². The number of nitrogens with two attached hydrogens (primary N) is 1. The number of nitrogens with zero attached hydrogens (tertiary/aromatic N) is 2. The van der Waals surface area contributed by atoms with E-state index < -0.39 is 33.8 Å². The van der Waals surface area contributed by atoms with Crippen LogP contribution in [-0.2, 0) is 14.8 Å². The van der Waals surface area contributed by atoms with Gasteiger partial charge in [0.05, 0.1) is 17.9 Å². The number of hydrogen-bond acceptors (Lipinski definition) is 5. The Bertz CT molecular complexity index is 964. The molecular weight excluding hydrogens is 400 g/mol. The number of rotatable bonds is 4. The Hall–Kier alpha value is -1.71. The highest BCUT2D eigenvalue weighted by Crippen LogP contribution is 2.43. The molecule has 1 aromatic rings. The zero-order chi connectivity index (χ0) is 20.3. The van der Waals surface area contributed by atoms with E-state index in [1.807, 2.05) is 0 Å². The summed E-state index contributed by atoms with van der Waals surface area (Å²) < 4.78 is 60.6. The molecule has 6 nitrogen and oxygen atoms in total. The molecule has 5 rings (SSSR count). The highest BCUT2D eigenvalue weighted by atomic mass is 32.2. The first kappa shape index (κ1) is 19.3. The SMILES string of the molecule is NC1CC(N2CCC3=C2CCN3S(=O)(=O)C2CC2)COC1c1cc(F)ccc1F. The van der Waals surface area contributed by atoms with Gasteiger partial charge < -0.3 is 15.4 Å². The van der Waals surface area contributed by atoms with Crippen LogP contribution in [0.15, 0.2) is 29.6 Å². The van der Waals surface area contributed by atoms with Crippen LogP contribution in [0.1, 0.15) is 43.8 Å². The fourth-order valence-electron chi connectivity index (χ4n) is 4.91. The first-order chi connectivity index (χ1) is 13.9. The van der Waals surface area contributed by atoms with Gasteiger partial charge in [0.25, 0.3) is 0 Å². The van der Waals surface area contributed by atoms with Gasteiger partial charge in [0.1, 0.15) is 17.7 Å². The average Bonchev–Trinajstić information content (AvgIpc) is 3.34. The van der Waals surface area contributed by atoms with Crippen LogP contribution in [0.25, 0.3) is 0 Å². The van der Waals surface area contributed by atoms with Gasteiger partial charge in [-0.3, -0.25) is 4.31 Å². The molecular formula is C20H25F2N3O3S. The molecule has 3 heterocycles. The normalized spacial score (nSPS) is 30.2. The molecule has 1 saturated heterocycles. The highest BCUT2D eigenvalue weighted by molar-refractivity contribution is 7.90. The molecule has 2 N–H and O–H groups in total. The van der Waals surface area contributed by atoms with Gasteiger partial charge in [0.15, 0.2) is 0 Å². The molecule has 0 amide bonds. The highest BCUT2D eigenvalue weighted by Gasteiger charge is 2.46. The van der Waals surface area contributed by atoms with Crippen molar-refractivity contribution in [3.05, 3.63) is 46.8 Å². The van der Waals surface area contributed by atoms with Crippen LogP contribution in [0.4, 0.5) is 8.78 Å². The van der Waals surface area contributed by atoms with Crippen molar-refractivity contribution >= 4 is 10.0 Å². The van der Waals surface area contributed by atoms with Gasteiger partial charge in [-0.05, 0) is 37.5 Å². The van der Waals surface area contributed by atoms with Crippen LogP contribution < -0.4 is 5.73 Å². The lowest BCUT2D eigenvalue weighted by Gasteiger charge is -2.40. The molecule has 1 aromatic carbocycles. The van der Waals surface area contributed by atoms with Crippen LogP contribution in [0.5, 0.6) is 0 Å². The third-order valence-corrected chi connectivity index (χ3v) is 8.81. The number of halogens is 2. The minimum Gasteiger partial charge on any atom is -0.370 e. The topological polar surface area (TPSA) is 75.9 Å². The summed E-state index contributed by atoms with van der Waals surface area (Å²) >= 11 is 0. The van der Waals surface area contributed by atoms with E-state index in [1.54, 1.807) is 4.31 Å². The Labute approximate surface area is 169 Å². The lowest BCUT2D eigenvalue weighted by Crippen LogP contribution is -2.48. The standard InChI is InChI=1S/C20H25F2N3O3S/c21-12-1-4-16(22)15(9-12)20-17(23)10-13(11-28-20)24-7-5-19-18(24)6-8-25(19)29(26,27)14-2-3-14/h1,4,9,13-14,17,20H,2-3,5-8,10-11,23H2. The van der Waals surface area contributed by atoms with Crippen LogP contribution in [0, 0.1) is 11.6 Å². The zero-order valence-corrected chi connectivity index (χ0v) is 16.9. The molecule has 0 spiro atoms. The van der Waals surface area contributed by atoms with Crippen molar-refractivity contribution in [2.75, 3.05) is 19.7 Å². The molecule has 3 atom stereocenters. The summed E-state index contributed by atoms with van der Waals surface area (Å²) in [5, 5.41) is -0.211. The number of benzene rings is 1. The van der Waals surface area contributed by atoms with E-state index in [1.165, 1.54) is 0 Å². The van der Waals surface area contributed by atoms with Gasteiger partial charge in [0, 0.05) is 48.9 Å². The van der Waals surface area contributed by atoms with Crippen molar-refractivity contribution in [3.8, 4) is 0 Å². The van der Waals surface area contributed by atoms with Crippen molar-refractivity contribution in [1.29, 1.82) is 0 Å². The fraction of sp³-hybridized carbons (Fsp3) is 0.600. The molecule has 0 bridgehead atoms. The Morgan fingerprint density at radius 1 is 1.10 bits per heavy atom. The van der Waals surface area contributed by atoms with E-state index in [0.717, 1.165) is 49.0 Å². The molecule has 158 valence electrons. The van der Waals surface area contributed by atoms with Crippen molar-refractivity contribution in [1.82, 2.24) is 9.21 Å². The van der Waals surface area contributed by atoms with Crippen molar-refractivity contribution in [2.45, 2.75) is 55.5 Å². The van der Waals surface area contributed by atoms with Gasteiger partial charge in [-0.25, -0.2) is 17.2 Å². The smallest absolute Gasteiger partial charge is 0.237 e. The Kier molecular flexibility index (Phi) is 4.60. The van der Waals surface area contributed by atoms with E-state index in [9.17, 15) is 17.2 Å². The Morgan fingerprint density at radius 2 is 1.86 bits per heavy atom. The molecule has 3 unspecified atom stereocenters. The lowest BCUT2D eigenvalue weighted by molar-refractivity contribution is -0.0432. The average molecular weight is 426 g/mol. The first-order valence-corrected chi connectivity index (χ1v) is 11.7. The van der Waals surface area contributed by atoms with Crippen molar-refractivity contribution < 1.29 is 21.9 Å². The summed E-state index contributed by atoms with van der Waals surface area (Å²) in [6, 6.07) is 2.86. The molecule has 0 radical (unpaired) electrons. The predicted molar refractivity (Wildman–Crippen MR) is 103 cm³/mol. The van der Waals surface area contributed by atoms with Crippen LogP contribution in [0.2, 0.25) is 0 Å². The van der Waals surface area contributed by atoms with Gasteiger partial charge in [-0.2, -0.15) is 0 Å². The first-order valence-electron chi connectivity index (χ1n) is 10.2. The van der Waals surface area contributed by atoms with Gasteiger partial charge in [-0.1, -0.05) is 0 Å². The van der Waals surface area contributed by atoms with Crippen LogP contribution in [0.3, 0.4) is 0 Å². The van der Waals surface area contributed by atoms with E-state index in [4.69, 9.17) is 10.5 Å². The van der Waals surface area contributed by atoms with Crippen LogP contribution in [-0.4, -0.2) is 54.7 Å². The second kappa shape index (κ2) is 6.92. The van der Waals surface area contributed by atoms with E-state index in [-0.39, 0.29) is 16.9 Å². The molecule has 4 aliphatic rings. The molecule has 2 fully saturated rings. The molecule has 0 aromatic heterocycles. The summed E-state index contributed by atoms with van der Waals surface area (Å²) in [5.41, 5.74) is 8.45. The lowest BCUT2D eigenvalue weighted by atomic mass is 9.93. The van der Waals surface area contributed by atoms with Gasteiger partial charge in [-0.15, -0.1) is 0 Å². The fourth-order valence-corrected chi connectivity index (χ4v) is 6.86. The minimum atomic E-state index is -3.22. The number of ether oxygens (including phenoxy) is 1. The molecule has 1 aliphatic carbocycles. The molecule has 3 aliphatic heterocycles. The second-order valence-corrected chi connectivity index (χ2v) is 10.5. The summed E-state index contributed by atoms with van der Waals surface area (Å²) in [4.78, 5) is 2.22. The Balaban J connectivity index is 1.32. The molecule has 29 heavy (non-hydrogen) atoms. The van der Waals surface area contributed by atoms with Crippen molar-refractivity contribution in [2.24, 2.45) is 5.73 Å². The van der Waals surface area contributed by atoms with E-state index in [2.05, 4.69) is 4.90 Å². The summed E-state index contributed by atoms with van der Waals surface area (Å²) in [5.74, 6) is -1.04. The van der Waals surface area contributed by atoms with Crippen molar-refractivity contribution in [3.63, 3.8) is 0 Å². The zero-order valence-electron chi connectivity index (χ0n) is 16.1. The molecule has 1 saturated carbocycles. The van der Waals surface area contributed by atoms with Gasteiger partial charge >= 0.3 is 0 Å². The Morgan fingerprint density at radius 3 is 2.59 bits per heavy atom. The quantitative estimate of drug-likeness (QED) is 0.801. The maximum Gasteiger partial charge on any atom is 0.237 e. The van der Waals surface area contributed by atoms with Crippen LogP contribution >= 0.6 is 0 Å². The number of hydrogen-bond donors (Lipinski definition) is 1. The predicted octanol–water partition coefficient (Wildman–Crippen LogP) is 2.24. The summed E-state index contributed by atoms with van der Waals surface area (Å²) in [6.45, 7) is 1.60. The second-order valence-electron chi connectivity index (χ2n) is 8.38. The minimum absolute atomic E-state index is 0.00829. The van der Waals surface area contributed by atoms with E-state index >= 15 is 0 Å². The maximum atomic E-state index is 14.1. The monoisotopic (exact) mass is 425 g/mol.